The minimum Gasteiger partial charge on any atom is -0.495 e. The maximum atomic E-state index is 12.3. The second-order valence-electron chi connectivity index (χ2n) is 5.15. The number of carbonyl (C=O) groups excluding carboxylic acids is 1. The van der Waals surface area contributed by atoms with E-state index >= 15 is 0 Å². The maximum absolute atomic E-state index is 12.3. The molecule has 2 amide bonds. The summed E-state index contributed by atoms with van der Waals surface area (Å²) >= 11 is 6.07. The van der Waals surface area contributed by atoms with Crippen LogP contribution in [0.15, 0.2) is 12.1 Å². The summed E-state index contributed by atoms with van der Waals surface area (Å²) in [6, 6.07) is 3.47. The summed E-state index contributed by atoms with van der Waals surface area (Å²) in [7, 11) is 1.57. The van der Waals surface area contributed by atoms with Crippen LogP contribution in [0.1, 0.15) is 12.5 Å². The normalized spacial score (nSPS) is 15.9. The molecule has 0 bridgehead atoms. The highest BCUT2D eigenvalue weighted by atomic mass is 35.5. The van der Waals surface area contributed by atoms with Crippen LogP contribution in [0.5, 0.6) is 5.75 Å². The molecule has 6 heteroatoms. The molecule has 1 N–H and O–H groups in total. The summed E-state index contributed by atoms with van der Waals surface area (Å²) in [6.07, 6.45) is 0. The smallest absolute Gasteiger partial charge is 0.322 e. The number of likely N-dealkylation sites (N-methyl/N-ethyl adjacent to an activating group) is 1. The lowest BCUT2D eigenvalue weighted by Crippen LogP contribution is -2.49. The molecule has 5 nitrogen and oxygen atoms in total. The van der Waals surface area contributed by atoms with Gasteiger partial charge < -0.3 is 19.9 Å². The van der Waals surface area contributed by atoms with Gasteiger partial charge in [-0.3, -0.25) is 0 Å². The zero-order valence-corrected chi connectivity index (χ0v) is 13.5. The summed E-state index contributed by atoms with van der Waals surface area (Å²) in [5.74, 6) is 0.575. The van der Waals surface area contributed by atoms with Crippen LogP contribution in [0.25, 0.3) is 0 Å². The molecule has 1 fully saturated rings. The van der Waals surface area contributed by atoms with Gasteiger partial charge in [0, 0.05) is 37.3 Å². The molecule has 1 aromatic rings. The van der Waals surface area contributed by atoms with Crippen molar-refractivity contribution in [2.45, 2.75) is 13.8 Å². The molecular formula is C15H22ClN3O2. The number of halogens is 1. The van der Waals surface area contributed by atoms with Gasteiger partial charge in [-0.25, -0.2) is 4.79 Å². The Kier molecular flexibility index (Phi) is 5.31. The fourth-order valence-corrected chi connectivity index (χ4v) is 2.54. The van der Waals surface area contributed by atoms with Gasteiger partial charge in [-0.05, 0) is 25.1 Å². The first-order valence-electron chi connectivity index (χ1n) is 7.17. The van der Waals surface area contributed by atoms with E-state index in [1.165, 1.54) is 0 Å². The molecule has 0 aromatic heterocycles. The molecule has 0 atom stereocenters. The van der Waals surface area contributed by atoms with E-state index < -0.39 is 0 Å². The third-order valence-electron chi connectivity index (χ3n) is 3.83. The van der Waals surface area contributed by atoms with Crippen LogP contribution in [0, 0.1) is 6.92 Å². The lowest BCUT2D eigenvalue weighted by molar-refractivity contribution is 0.151. The number of amides is 2. The van der Waals surface area contributed by atoms with Crippen LogP contribution in [-0.2, 0) is 0 Å². The molecule has 0 saturated carbocycles. The molecular weight excluding hydrogens is 290 g/mol. The van der Waals surface area contributed by atoms with Crippen LogP contribution in [0.4, 0.5) is 10.5 Å². The van der Waals surface area contributed by atoms with Gasteiger partial charge in [-0.15, -0.1) is 0 Å². The second-order valence-corrected chi connectivity index (χ2v) is 5.56. The Morgan fingerprint density at radius 2 is 2.00 bits per heavy atom. The van der Waals surface area contributed by atoms with Crippen molar-refractivity contribution in [3.63, 3.8) is 0 Å². The minimum absolute atomic E-state index is 0.0919. The van der Waals surface area contributed by atoms with E-state index in [1.54, 1.807) is 13.2 Å². The number of carbonyl (C=O) groups is 1. The summed E-state index contributed by atoms with van der Waals surface area (Å²) in [6.45, 7) is 8.39. The van der Waals surface area contributed by atoms with Crippen molar-refractivity contribution in [1.29, 1.82) is 0 Å². The Labute approximate surface area is 130 Å². The topological polar surface area (TPSA) is 44.8 Å². The Balaban J connectivity index is 2.04. The highest BCUT2D eigenvalue weighted by molar-refractivity contribution is 6.31. The monoisotopic (exact) mass is 311 g/mol. The summed E-state index contributed by atoms with van der Waals surface area (Å²) in [5, 5.41) is 3.54. The van der Waals surface area contributed by atoms with Crippen molar-refractivity contribution >= 4 is 23.3 Å². The Hall–Kier alpha value is -1.46. The lowest BCUT2D eigenvalue weighted by atomic mass is 10.2. The fraction of sp³-hybridized carbons (Fsp3) is 0.533. The van der Waals surface area contributed by atoms with Crippen LogP contribution >= 0.6 is 11.6 Å². The zero-order valence-electron chi connectivity index (χ0n) is 12.8. The van der Waals surface area contributed by atoms with Gasteiger partial charge in [0.2, 0.25) is 0 Å². The number of benzene rings is 1. The largest absolute Gasteiger partial charge is 0.495 e. The summed E-state index contributed by atoms with van der Waals surface area (Å²) < 4.78 is 5.28. The molecule has 0 unspecified atom stereocenters. The average Bonchev–Trinajstić information content (AvgIpc) is 2.50. The first kappa shape index (κ1) is 15.9. The molecule has 1 heterocycles. The zero-order chi connectivity index (χ0) is 15.4. The van der Waals surface area contributed by atoms with Crippen LogP contribution in [-0.4, -0.2) is 55.7 Å². The van der Waals surface area contributed by atoms with E-state index in [1.807, 2.05) is 17.9 Å². The number of urea groups is 1. The Bertz CT molecular complexity index is 514. The molecule has 1 aromatic carbocycles. The van der Waals surface area contributed by atoms with Crippen LogP contribution < -0.4 is 10.1 Å². The number of hydrogen-bond donors (Lipinski definition) is 1. The highest BCUT2D eigenvalue weighted by Crippen LogP contribution is 2.31. The van der Waals surface area contributed by atoms with Gasteiger partial charge in [0.05, 0.1) is 12.8 Å². The molecule has 0 radical (unpaired) electrons. The Morgan fingerprint density at radius 3 is 2.57 bits per heavy atom. The van der Waals surface area contributed by atoms with Gasteiger partial charge in [-0.2, -0.15) is 0 Å². The average molecular weight is 312 g/mol. The predicted octanol–water partition coefficient (Wildman–Crippen LogP) is 2.83. The number of aryl methyl sites for hydroxylation is 1. The number of piperazine rings is 1. The number of ether oxygens (including phenoxy) is 1. The molecule has 2 rings (SSSR count). The number of rotatable bonds is 3. The number of methoxy groups -OCH3 is 1. The van der Waals surface area contributed by atoms with Gasteiger partial charge in [0.15, 0.2) is 0 Å². The van der Waals surface area contributed by atoms with Gasteiger partial charge in [-0.1, -0.05) is 18.5 Å². The predicted molar refractivity (Wildman–Crippen MR) is 85.4 cm³/mol. The quantitative estimate of drug-likeness (QED) is 0.933. The molecule has 0 aliphatic carbocycles. The van der Waals surface area contributed by atoms with Crippen molar-refractivity contribution in [3.05, 3.63) is 22.7 Å². The molecule has 21 heavy (non-hydrogen) atoms. The second kappa shape index (κ2) is 7.00. The molecule has 116 valence electrons. The minimum atomic E-state index is -0.0919. The van der Waals surface area contributed by atoms with Crippen molar-refractivity contribution in [3.8, 4) is 5.75 Å². The number of hydrogen-bond acceptors (Lipinski definition) is 3. The lowest BCUT2D eigenvalue weighted by Gasteiger charge is -2.34. The van der Waals surface area contributed by atoms with E-state index in [0.717, 1.165) is 38.3 Å². The first-order valence-corrected chi connectivity index (χ1v) is 7.55. The van der Waals surface area contributed by atoms with E-state index in [2.05, 4.69) is 17.1 Å². The van der Waals surface area contributed by atoms with E-state index in [9.17, 15) is 4.79 Å². The maximum Gasteiger partial charge on any atom is 0.322 e. The number of nitrogens with zero attached hydrogens (tertiary/aromatic N) is 2. The molecule has 1 aliphatic rings. The number of nitrogens with one attached hydrogen (secondary N) is 1. The molecule has 0 spiro atoms. The Morgan fingerprint density at radius 1 is 1.33 bits per heavy atom. The van der Waals surface area contributed by atoms with Crippen molar-refractivity contribution in [2.24, 2.45) is 0 Å². The van der Waals surface area contributed by atoms with Crippen LogP contribution in [0.3, 0.4) is 0 Å². The molecule has 1 aliphatic heterocycles. The van der Waals surface area contributed by atoms with Crippen molar-refractivity contribution in [1.82, 2.24) is 9.80 Å². The van der Waals surface area contributed by atoms with Crippen LogP contribution in [0.2, 0.25) is 5.02 Å². The SMILES string of the molecule is CCN1CCN(C(=O)Nc2cc(C)c(Cl)cc2OC)CC1. The van der Waals surface area contributed by atoms with Gasteiger partial charge >= 0.3 is 6.03 Å². The van der Waals surface area contributed by atoms with Crippen molar-refractivity contribution in [2.75, 3.05) is 45.2 Å². The van der Waals surface area contributed by atoms with Crippen molar-refractivity contribution < 1.29 is 9.53 Å². The van der Waals surface area contributed by atoms with Gasteiger partial charge in [0.25, 0.3) is 0 Å². The standard InChI is InChI=1S/C15H22ClN3O2/c1-4-18-5-7-19(8-6-18)15(20)17-13-9-11(2)12(16)10-14(13)21-3/h9-10H,4-8H2,1-3H3,(H,17,20). The third kappa shape index (κ3) is 3.80. The first-order chi connectivity index (χ1) is 10.0. The summed E-state index contributed by atoms with van der Waals surface area (Å²) in [4.78, 5) is 16.5. The highest BCUT2D eigenvalue weighted by Gasteiger charge is 2.21. The van der Waals surface area contributed by atoms with Gasteiger partial charge in [0.1, 0.15) is 5.75 Å². The summed E-state index contributed by atoms with van der Waals surface area (Å²) in [5.41, 5.74) is 1.56. The van der Waals surface area contributed by atoms with E-state index in [0.29, 0.717) is 16.5 Å². The number of anilines is 1. The fourth-order valence-electron chi connectivity index (χ4n) is 2.39. The van der Waals surface area contributed by atoms with E-state index in [4.69, 9.17) is 16.3 Å². The van der Waals surface area contributed by atoms with E-state index in [-0.39, 0.29) is 6.03 Å². The molecule has 1 saturated heterocycles. The third-order valence-corrected chi connectivity index (χ3v) is 4.24.